The summed E-state index contributed by atoms with van der Waals surface area (Å²) in [7, 11) is 0. The van der Waals surface area contributed by atoms with Gasteiger partial charge in [0.25, 0.3) is 0 Å². The fraction of sp³-hybridized carbons (Fsp3) is 0.278. The number of carbonyl (C=O) groups excluding carboxylic acids is 1. The molecule has 0 aliphatic carbocycles. The van der Waals surface area contributed by atoms with Gasteiger partial charge in [0, 0.05) is 12.2 Å². The monoisotopic (exact) mass is 300 g/mol. The molecule has 2 rings (SSSR count). The Morgan fingerprint density at radius 3 is 2.55 bits per heavy atom. The first-order chi connectivity index (χ1) is 10.6. The number of likely N-dealkylation sites (N-methyl/N-ethyl adjacent to an activating group) is 1. The summed E-state index contributed by atoms with van der Waals surface area (Å²) in [5, 5.41) is 2.74. The summed E-state index contributed by atoms with van der Waals surface area (Å²) in [5.41, 5.74) is 2.22. The number of nitrogens with one attached hydrogen (secondary N) is 1. The standard InChI is InChI=1S/C18H21FN2O/c1-3-21(12-15-7-5-4-6-8-15)13-18(22)20-16-10-9-14(2)17(19)11-16/h4-11H,3,12-13H2,1-2H3,(H,20,22). The van der Waals surface area contributed by atoms with Crippen LogP contribution in [0.25, 0.3) is 0 Å². The fourth-order valence-corrected chi connectivity index (χ4v) is 2.20. The number of hydrogen-bond acceptors (Lipinski definition) is 2. The molecule has 0 aromatic heterocycles. The average molecular weight is 300 g/mol. The summed E-state index contributed by atoms with van der Waals surface area (Å²) >= 11 is 0. The van der Waals surface area contributed by atoms with Crippen LogP contribution in [0.1, 0.15) is 18.1 Å². The molecule has 0 unspecified atom stereocenters. The highest BCUT2D eigenvalue weighted by Crippen LogP contribution is 2.13. The summed E-state index contributed by atoms with van der Waals surface area (Å²) in [6.07, 6.45) is 0. The van der Waals surface area contributed by atoms with Gasteiger partial charge in [0.05, 0.1) is 6.54 Å². The molecule has 1 N–H and O–H groups in total. The first-order valence-corrected chi connectivity index (χ1v) is 7.40. The van der Waals surface area contributed by atoms with Gasteiger partial charge in [0.15, 0.2) is 0 Å². The molecule has 2 aromatic carbocycles. The van der Waals surface area contributed by atoms with Gasteiger partial charge in [0.2, 0.25) is 5.91 Å². The molecular weight excluding hydrogens is 279 g/mol. The minimum atomic E-state index is -0.311. The van der Waals surface area contributed by atoms with Crippen molar-refractivity contribution in [3.63, 3.8) is 0 Å². The van der Waals surface area contributed by atoms with Gasteiger partial charge in [-0.3, -0.25) is 9.69 Å². The molecule has 22 heavy (non-hydrogen) atoms. The molecule has 0 radical (unpaired) electrons. The number of amides is 1. The molecule has 1 amide bonds. The third kappa shape index (κ3) is 4.67. The van der Waals surface area contributed by atoms with Gasteiger partial charge in [-0.05, 0) is 36.7 Å². The number of anilines is 1. The Hall–Kier alpha value is -2.20. The second kappa shape index (κ2) is 7.71. The maximum Gasteiger partial charge on any atom is 0.238 e. The average Bonchev–Trinajstić information content (AvgIpc) is 2.51. The summed E-state index contributed by atoms with van der Waals surface area (Å²) in [5.74, 6) is -0.449. The van der Waals surface area contributed by atoms with Crippen LogP contribution in [0.3, 0.4) is 0 Å². The molecule has 116 valence electrons. The fourth-order valence-electron chi connectivity index (χ4n) is 2.20. The van der Waals surface area contributed by atoms with Gasteiger partial charge in [-0.25, -0.2) is 4.39 Å². The van der Waals surface area contributed by atoms with E-state index >= 15 is 0 Å². The van der Waals surface area contributed by atoms with E-state index in [0.29, 0.717) is 17.8 Å². The van der Waals surface area contributed by atoms with Crippen LogP contribution in [0, 0.1) is 12.7 Å². The maximum absolute atomic E-state index is 13.5. The van der Waals surface area contributed by atoms with Crippen molar-refractivity contribution in [2.75, 3.05) is 18.4 Å². The largest absolute Gasteiger partial charge is 0.325 e. The highest BCUT2D eigenvalue weighted by molar-refractivity contribution is 5.92. The minimum absolute atomic E-state index is 0.138. The van der Waals surface area contributed by atoms with E-state index in [4.69, 9.17) is 0 Å². The second-order valence-electron chi connectivity index (χ2n) is 5.30. The lowest BCUT2D eigenvalue weighted by molar-refractivity contribution is -0.117. The van der Waals surface area contributed by atoms with Crippen LogP contribution >= 0.6 is 0 Å². The summed E-state index contributed by atoms with van der Waals surface area (Å²) in [6.45, 7) is 5.47. The van der Waals surface area contributed by atoms with Crippen molar-refractivity contribution in [1.29, 1.82) is 0 Å². The number of nitrogens with zero attached hydrogens (tertiary/aromatic N) is 1. The molecule has 3 nitrogen and oxygen atoms in total. The van der Waals surface area contributed by atoms with Crippen LogP contribution in [-0.2, 0) is 11.3 Å². The topological polar surface area (TPSA) is 32.3 Å². The molecule has 0 atom stereocenters. The highest BCUT2D eigenvalue weighted by Gasteiger charge is 2.10. The smallest absolute Gasteiger partial charge is 0.238 e. The van der Waals surface area contributed by atoms with Gasteiger partial charge < -0.3 is 5.32 Å². The quantitative estimate of drug-likeness (QED) is 0.884. The first-order valence-electron chi connectivity index (χ1n) is 7.40. The predicted molar refractivity (Wildman–Crippen MR) is 87.2 cm³/mol. The molecule has 0 aliphatic rings. The summed E-state index contributed by atoms with van der Waals surface area (Å²) in [6, 6.07) is 14.7. The van der Waals surface area contributed by atoms with Crippen LogP contribution in [0.4, 0.5) is 10.1 Å². The molecule has 0 spiro atoms. The number of aryl methyl sites for hydroxylation is 1. The molecule has 2 aromatic rings. The van der Waals surface area contributed by atoms with Crippen LogP contribution in [-0.4, -0.2) is 23.9 Å². The van der Waals surface area contributed by atoms with E-state index in [-0.39, 0.29) is 18.3 Å². The lowest BCUT2D eigenvalue weighted by Crippen LogP contribution is -2.32. The van der Waals surface area contributed by atoms with E-state index in [1.54, 1.807) is 19.1 Å². The number of benzene rings is 2. The third-order valence-electron chi connectivity index (χ3n) is 3.52. The van der Waals surface area contributed by atoms with Crippen LogP contribution < -0.4 is 5.32 Å². The van der Waals surface area contributed by atoms with E-state index in [9.17, 15) is 9.18 Å². The predicted octanol–water partition coefficient (Wildman–Crippen LogP) is 3.59. The first kappa shape index (κ1) is 16.2. The van der Waals surface area contributed by atoms with Crippen molar-refractivity contribution in [3.8, 4) is 0 Å². The lowest BCUT2D eigenvalue weighted by Gasteiger charge is -2.20. The van der Waals surface area contributed by atoms with Gasteiger partial charge in [-0.2, -0.15) is 0 Å². The van der Waals surface area contributed by atoms with E-state index in [1.165, 1.54) is 11.6 Å². The van der Waals surface area contributed by atoms with Gasteiger partial charge in [0.1, 0.15) is 5.82 Å². The molecule has 0 fully saturated rings. The molecular formula is C18H21FN2O. The van der Waals surface area contributed by atoms with Crippen LogP contribution in [0.5, 0.6) is 0 Å². The molecule has 0 saturated carbocycles. The van der Waals surface area contributed by atoms with Crippen molar-refractivity contribution >= 4 is 11.6 Å². The molecule has 0 saturated heterocycles. The van der Waals surface area contributed by atoms with Gasteiger partial charge in [-0.15, -0.1) is 0 Å². The Morgan fingerprint density at radius 2 is 1.91 bits per heavy atom. The Balaban J connectivity index is 1.93. The SMILES string of the molecule is CCN(CC(=O)Nc1ccc(C)c(F)c1)Cc1ccccc1. The zero-order chi connectivity index (χ0) is 15.9. The Bertz CT molecular complexity index is 628. The molecule has 4 heteroatoms. The van der Waals surface area contributed by atoms with Crippen molar-refractivity contribution in [1.82, 2.24) is 4.90 Å². The van der Waals surface area contributed by atoms with E-state index in [2.05, 4.69) is 5.32 Å². The molecule has 0 aliphatic heterocycles. The van der Waals surface area contributed by atoms with Crippen LogP contribution in [0.2, 0.25) is 0 Å². The zero-order valence-corrected chi connectivity index (χ0v) is 13.0. The minimum Gasteiger partial charge on any atom is -0.325 e. The van der Waals surface area contributed by atoms with Crippen molar-refractivity contribution in [2.24, 2.45) is 0 Å². The Kier molecular flexibility index (Phi) is 5.67. The van der Waals surface area contributed by atoms with Crippen molar-refractivity contribution in [3.05, 3.63) is 65.5 Å². The van der Waals surface area contributed by atoms with Crippen LogP contribution in [0.15, 0.2) is 48.5 Å². The summed E-state index contributed by atoms with van der Waals surface area (Å²) < 4.78 is 13.5. The highest BCUT2D eigenvalue weighted by atomic mass is 19.1. The normalized spacial score (nSPS) is 10.7. The van der Waals surface area contributed by atoms with Gasteiger partial charge >= 0.3 is 0 Å². The molecule has 0 bridgehead atoms. The third-order valence-corrected chi connectivity index (χ3v) is 3.52. The lowest BCUT2D eigenvalue weighted by atomic mass is 10.2. The number of halogens is 1. The number of rotatable bonds is 6. The number of hydrogen-bond donors (Lipinski definition) is 1. The Morgan fingerprint density at radius 1 is 1.18 bits per heavy atom. The maximum atomic E-state index is 13.5. The second-order valence-corrected chi connectivity index (χ2v) is 5.30. The van der Waals surface area contributed by atoms with E-state index < -0.39 is 0 Å². The van der Waals surface area contributed by atoms with E-state index in [0.717, 1.165) is 6.54 Å². The van der Waals surface area contributed by atoms with Crippen molar-refractivity contribution < 1.29 is 9.18 Å². The summed E-state index contributed by atoms with van der Waals surface area (Å²) in [4.78, 5) is 14.1. The number of carbonyl (C=O) groups is 1. The van der Waals surface area contributed by atoms with Gasteiger partial charge in [-0.1, -0.05) is 43.3 Å². The Labute approximate surface area is 130 Å². The zero-order valence-electron chi connectivity index (χ0n) is 13.0. The van der Waals surface area contributed by atoms with E-state index in [1.807, 2.05) is 42.2 Å². The van der Waals surface area contributed by atoms with Crippen molar-refractivity contribution in [2.45, 2.75) is 20.4 Å². The molecule has 0 heterocycles.